The van der Waals surface area contributed by atoms with Crippen molar-refractivity contribution in [1.29, 1.82) is 0 Å². The summed E-state index contributed by atoms with van der Waals surface area (Å²) in [6.07, 6.45) is 7.85. The molecule has 0 radical (unpaired) electrons. The summed E-state index contributed by atoms with van der Waals surface area (Å²) < 4.78 is 4.68. The van der Waals surface area contributed by atoms with Crippen molar-refractivity contribution >= 4 is 17.9 Å². The molecular weight excluding hydrogens is 288 g/mol. The maximum absolute atomic E-state index is 11.5. The number of carboxylic acids is 2. The molecule has 0 saturated heterocycles. The van der Waals surface area contributed by atoms with Gasteiger partial charge in [0.25, 0.3) is 0 Å². The van der Waals surface area contributed by atoms with Gasteiger partial charge in [-0.05, 0) is 6.42 Å². The molecule has 0 rings (SSSR count). The lowest BCUT2D eigenvalue weighted by molar-refractivity contribution is -0.167. The SMILES string of the molecule is CCCCCCCCCCCC(=O)OC(CC(=O)O)C(=O)O. The molecular formula is C16H28O6. The lowest BCUT2D eigenvalue weighted by Crippen LogP contribution is -2.29. The van der Waals surface area contributed by atoms with Crippen LogP contribution in [0.15, 0.2) is 0 Å². The Bertz CT molecular complexity index is 340. The third-order valence-corrected chi connectivity index (χ3v) is 3.39. The predicted molar refractivity (Wildman–Crippen MR) is 81.6 cm³/mol. The summed E-state index contributed by atoms with van der Waals surface area (Å²) in [5.74, 6) is -3.37. The molecule has 0 fully saturated rings. The van der Waals surface area contributed by atoms with Crippen molar-refractivity contribution in [3.63, 3.8) is 0 Å². The van der Waals surface area contributed by atoms with E-state index in [1.54, 1.807) is 0 Å². The van der Waals surface area contributed by atoms with Gasteiger partial charge in [0.2, 0.25) is 6.10 Å². The quantitative estimate of drug-likeness (QED) is 0.376. The minimum atomic E-state index is -1.59. The van der Waals surface area contributed by atoms with Crippen molar-refractivity contribution in [1.82, 2.24) is 0 Å². The molecule has 0 aromatic rings. The number of carbonyl (C=O) groups excluding carboxylic acids is 1. The van der Waals surface area contributed by atoms with E-state index in [4.69, 9.17) is 10.2 Å². The van der Waals surface area contributed by atoms with Gasteiger partial charge < -0.3 is 14.9 Å². The minimum Gasteiger partial charge on any atom is -0.481 e. The van der Waals surface area contributed by atoms with E-state index in [-0.39, 0.29) is 6.42 Å². The first-order valence-corrected chi connectivity index (χ1v) is 8.11. The monoisotopic (exact) mass is 316 g/mol. The number of hydrogen-bond donors (Lipinski definition) is 2. The highest BCUT2D eigenvalue weighted by molar-refractivity contribution is 5.82. The lowest BCUT2D eigenvalue weighted by Gasteiger charge is -2.11. The van der Waals surface area contributed by atoms with Crippen LogP contribution in [-0.2, 0) is 19.1 Å². The normalized spacial score (nSPS) is 11.9. The van der Waals surface area contributed by atoms with E-state index in [1.165, 1.54) is 32.1 Å². The third-order valence-electron chi connectivity index (χ3n) is 3.39. The van der Waals surface area contributed by atoms with Crippen LogP contribution < -0.4 is 0 Å². The molecule has 0 spiro atoms. The maximum atomic E-state index is 11.5. The van der Waals surface area contributed by atoms with Gasteiger partial charge in [-0.3, -0.25) is 9.59 Å². The number of carbonyl (C=O) groups is 3. The third kappa shape index (κ3) is 12.2. The Kier molecular flexibility index (Phi) is 12.2. The topological polar surface area (TPSA) is 101 Å². The summed E-state index contributed by atoms with van der Waals surface area (Å²) in [5, 5.41) is 17.3. The Morgan fingerprint density at radius 2 is 1.36 bits per heavy atom. The molecule has 6 heteroatoms. The van der Waals surface area contributed by atoms with E-state index in [0.717, 1.165) is 19.3 Å². The molecule has 0 aliphatic heterocycles. The van der Waals surface area contributed by atoms with Gasteiger partial charge in [0.1, 0.15) is 0 Å². The Balaban J connectivity index is 3.63. The van der Waals surface area contributed by atoms with E-state index < -0.39 is 30.4 Å². The van der Waals surface area contributed by atoms with Crippen LogP contribution >= 0.6 is 0 Å². The number of esters is 1. The molecule has 0 aliphatic rings. The van der Waals surface area contributed by atoms with Crippen molar-refractivity contribution in [3.8, 4) is 0 Å². The first kappa shape index (κ1) is 20.4. The highest BCUT2D eigenvalue weighted by atomic mass is 16.6. The van der Waals surface area contributed by atoms with E-state index in [2.05, 4.69) is 11.7 Å². The average molecular weight is 316 g/mol. The summed E-state index contributed by atoms with van der Waals surface area (Å²) in [6.45, 7) is 2.18. The largest absolute Gasteiger partial charge is 0.481 e. The second-order valence-corrected chi connectivity index (χ2v) is 5.49. The number of aliphatic carboxylic acids is 2. The van der Waals surface area contributed by atoms with E-state index in [1.807, 2.05) is 0 Å². The van der Waals surface area contributed by atoms with E-state index >= 15 is 0 Å². The maximum Gasteiger partial charge on any atom is 0.345 e. The average Bonchev–Trinajstić information content (AvgIpc) is 2.44. The summed E-state index contributed by atoms with van der Waals surface area (Å²) in [4.78, 5) is 32.7. The van der Waals surface area contributed by atoms with Crippen LogP contribution in [0.4, 0.5) is 0 Å². The Hall–Kier alpha value is -1.59. The van der Waals surface area contributed by atoms with Crippen LogP contribution in [0.5, 0.6) is 0 Å². The molecule has 128 valence electrons. The smallest absolute Gasteiger partial charge is 0.345 e. The zero-order valence-corrected chi connectivity index (χ0v) is 13.4. The number of ether oxygens (including phenoxy) is 1. The minimum absolute atomic E-state index is 0.138. The van der Waals surface area contributed by atoms with Crippen molar-refractivity contribution in [2.24, 2.45) is 0 Å². The van der Waals surface area contributed by atoms with E-state index in [9.17, 15) is 14.4 Å². The standard InChI is InChI=1S/C16H28O6/c1-2-3-4-5-6-7-8-9-10-11-15(19)22-13(16(20)21)12-14(17)18/h13H,2-12H2,1H3,(H,17,18)(H,20,21). The summed E-state index contributed by atoms with van der Waals surface area (Å²) in [5.41, 5.74) is 0. The van der Waals surface area contributed by atoms with Gasteiger partial charge in [0.05, 0.1) is 6.42 Å². The number of hydrogen-bond acceptors (Lipinski definition) is 4. The molecule has 2 N–H and O–H groups in total. The molecule has 0 aliphatic carbocycles. The first-order valence-electron chi connectivity index (χ1n) is 8.11. The Morgan fingerprint density at radius 1 is 0.864 bits per heavy atom. The summed E-state index contributed by atoms with van der Waals surface area (Å²) >= 11 is 0. The molecule has 22 heavy (non-hydrogen) atoms. The molecule has 1 atom stereocenters. The van der Waals surface area contributed by atoms with Crippen LogP contribution in [0, 0.1) is 0 Å². The van der Waals surface area contributed by atoms with Crippen LogP contribution in [0.3, 0.4) is 0 Å². The molecule has 0 heterocycles. The highest BCUT2D eigenvalue weighted by Gasteiger charge is 2.24. The summed E-state index contributed by atoms with van der Waals surface area (Å²) in [7, 11) is 0. The molecule has 0 aromatic carbocycles. The Labute approximate surface area is 131 Å². The van der Waals surface area contributed by atoms with Gasteiger partial charge in [0.15, 0.2) is 0 Å². The van der Waals surface area contributed by atoms with Crippen LogP contribution in [0.2, 0.25) is 0 Å². The number of rotatable bonds is 14. The highest BCUT2D eigenvalue weighted by Crippen LogP contribution is 2.11. The molecule has 0 aromatic heterocycles. The van der Waals surface area contributed by atoms with Gasteiger partial charge in [-0.25, -0.2) is 4.79 Å². The second kappa shape index (κ2) is 13.1. The van der Waals surface area contributed by atoms with Crippen molar-refractivity contribution in [3.05, 3.63) is 0 Å². The fourth-order valence-corrected chi connectivity index (χ4v) is 2.14. The van der Waals surface area contributed by atoms with Crippen molar-refractivity contribution in [2.75, 3.05) is 0 Å². The molecule has 0 saturated carbocycles. The fourth-order valence-electron chi connectivity index (χ4n) is 2.14. The zero-order chi connectivity index (χ0) is 16.8. The van der Waals surface area contributed by atoms with Crippen LogP contribution in [-0.4, -0.2) is 34.2 Å². The van der Waals surface area contributed by atoms with Crippen molar-refractivity contribution < 1.29 is 29.3 Å². The zero-order valence-electron chi connectivity index (χ0n) is 13.4. The van der Waals surface area contributed by atoms with Gasteiger partial charge in [-0.1, -0.05) is 58.3 Å². The molecule has 0 bridgehead atoms. The van der Waals surface area contributed by atoms with Gasteiger partial charge in [-0.15, -0.1) is 0 Å². The molecule has 6 nitrogen and oxygen atoms in total. The predicted octanol–water partition coefficient (Wildman–Crippen LogP) is 3.38. The molecule has 1 unspecified atom stereocenters. The van der Waals surface area contributed by atoms with Crippen LogP contribution in [0.1, 0.15) is 77.6 Å². The fraction of sp³-hybridized carbons (Fsp3) is 0.812. The lowest BCUT2D eigenvalue weighted by atomic mass is 10.1. The van der Waals surface area contributed by atoms with Gasteiger partial charge in [0, 0.05) is 6.42 Å². The van der Waals surface area contributed by atoms with Crippen LogP contribution in [0.25, 0.3) is 0 Å². The summed E-state index contributed by atoms with van der Waals surface area (Å²) in [6, 6.07) is 0. The second-order valence-electron chi connectivity index (χ2n) is 5.49. The van der Waals surface area contributed by atoms with E-state index in [0.29, 0.717) is 6.42 Å². The number of unbranched alkanes of at least 4 members (excludes halogenated alkanes) is 8. The Morgan fingerprint density at radius 3 is 1.82 bits per heavy atom. The molecule has 0 amide bonds. The first-order chi connectivity index (χ1) is 10.5. The van der Waals surface area contributed by atoms with Gasteiger partial charge >= 0.3 is 17.9 Å². The number of carboxylic acid groups (broad SMARTS) is 2. The van der Waals surface area contributed by atoms with Crippen molar-refractivity contribution in [2.45, 2.75) is 83.7 Å². The van der Waals surface area contributed by atoms with Gasteiger partial charge in [-0.2, -0.15) is 0 Å².